The molecule has 1 saturated heterocycles. The lowest BCUT2D eigenvalue weighted by atomic mass is 9.97. The van der Waals surface area contributed by atoms with Gasteiger partial charge < -0.3 is 14.9 Å². The average molecular weight is 402 g/mol. The standard InChI is InChI=1S/C20H24ClN5O2/c1-14-11-16-17(13-26(14)12-15-5-3-2-4-6-15)22-19(21)23-18(16)24-7-9-25(10-8-24)20(27)28/h2-6,14H,7-13H2,1H3,(H,27,28). The third-order valence-electron chi connectivity index (χ3n) is 5.60. The first-order valence-corrected chi connectivity index (χ1v) is 9.95. The molecule has 1 aromatic heterocycles. The number of anilines is 1. The van der Waals surface area contributed by atoms with E-state index in [0.717, 1.165) is 36.6 Å². The van der Waals surface area contributed by atoms with Gasteiger partial charge in [-0.2, -0.15) is 0 Å². The van der Waals surface area contributed by atoms with Gasteiger partial charge in [-0.15, -0.1) is 0 Å². The molecule has 0 bridgehead atoms. The molecule has 28 heavy (non-hydrogen) atoms. The van der Waals surface area contributed by atoms with E-state index < -0.39 is 6.09 Å². The summed E-state index contributed by atoms with van der Waals surface area (Å²) in [5.74, 6) is 0.867. The maximum atomic E-state index is 11.2. The molecule has 4 rings (SSSR count). The van der Waals surface area contributed by atoms with Gasteiger partial charge in [-0.25, -0.2) is 14.8 Å². The molecule has 2 aliphatic rings. The van der Waals surface area contributed by atoms with Crippen molar-refractivity contribution in [3.63, 3.8) is 0 Å². The van der Waals surface area contributed by atoms with Crippen LogP contribution in [0.2, 0.25) is 5.28 Å². The van der Waals surface area contributed by atoms with Crippen LogP contribution in [0.5, 0.6) is 0 Å². The minimum Gasteiger partial charge on any atom is -0.465 e. The van der Waals surface area contributed by atoms with E-state index in [1.807, 2.05) is 6.07 Å². The van der Waals surface area contributed by atoms with Crippen LogP contribution >= 0.6 is 11.6 Å². The molecule has 0 aliphatic carbocycles. The van der Waals surface area contributed by atoms with E-state index in [-0.39, 0.29) is 5.28 Å². The number of fused-ring (bicyclic) bond motifs is 1. The summed E-state index contributed by atoms with van der Waals surface area (Å²) in [7, 11) is 0. The molecule has 2 aromatic rings. The predicted molar refractivity (Wildman–Crippen MR) is 108 cm³/mol. The van der Waals surface area contributed by atoms with Gasteiger partial charge >= 0.3 is 6.09 Å². The smallest absolute Gasteiger partial charge is 0.407 e. The Labute approximate surface area is 169 Å². The van der Waals surface area contributed by atoms with E-state index in [1.165, 1.54) is 10.5 Å². The minimum absolute atomic E-state index is 0.253. The highest BCUT2D eigenvalue weighted by molar-refractivity contribution is 6.28. The second kappa shape index (κ2) is 7.93. The Morgan fingerprint density at radius 2 is 1.89 bits per heavy atom. The number of aromatic nitrogens is 2. The lowest BCUT2D eigenvalue weighted by molar-refractivity contribution is 0.142. The monoisotopic (exact) mass is 401 g/mol. The molecule has 0 saturated carbocycles. The van der Waals surface area contributed by atoms with Gasteiger partial charge in [0.05, 0.1) is 5.69 Å². The summed E-state index contributed by atoms with van der Waals surface area (Å²) >= 11 is 6.25. The maximum Gasteiger partial charge on any atom is 0.407 e. The number of hydrogen-bond acceptors (Lipinski definition) is 5. The molecule has 1 aromatic carbocycles. The lowest BCUT2D eigenvalue weighted by Gasteiger charge is -2.38. The summed E-state index contributed by atoms with van der Waals surface area (Å²) in [6.45, 7) is 6.02. The first-order chi connectivity index (χ1) is 13.5. The van der Waals surface area contributed by atoms with Gasteiger partial charge in [0.2, 0.25) is 5.28 Å². The van der Waals surface area contributed by atoms with Crippen LogP contribution in [-0.4, -0.2) is 63.2 Å². The molecule has 3 heterocycles. The molecule has 0 radical (unpaired) electrons. The number of piperazine rings is 1. The zero-order valence-electron chi connectivity index (χ0n) is 15.9. The summed E-state index contributed by atoms with van der Waals surface area (Å²) < 4.78 is 0. The first kappa shape index (κ1) is 19.0. The van der Waals surface area contributed by atoms with Crippen molar-refractivity contribution in [2.24, 2.45) is 0 Å². The van der Waals surface area contributed by atoms with Crippen LogP contribution < -0.4 is 4.90 Å². The van der Waals surface area contributed by atoms with Crippen LogP contribution in [0.3, 0.4) is 0 Å². The number of benzene rings is 1. The topological polar surface area (TPSA) is 72.8 Å². The fourth-order valence-electron chi connectivity index (χ4n) is 4.00. The Balaban J connectivity index is 1.56. The largest absolute Gasteiger partial charge is 0.465 e. The Bertz CT molecular complexity index is 855. The second-order valence-corrected chi connectivity index (χ2v) is 7.78. The maximum absolute atomic E-state index is 11.2. The highest BCUT2D eigenvalue weighted by Crippen LogP contribution is 2.31. The summed E-state index contributed by atoms with van der Waals surface area (Å²) in [6.07, 6.45) is -0.0130. The van der Waals surface area contributed by atoms with Crippen molar-refractivity contribution in [2.45, 2.75) is 32.5 Å². The van der Waals surface area contributed by atoms with E-state index in [4.69, 9.17) is 11.6 Å². The van der Waals surface area contributed by atoms with Crippen LogP contribution in [-0.2, 0) is 19.5 Å². The van der Waals surface area contributed by atoms with Crippen LogP contribution in [0, 0.1) is 0 Å². The minimum atomic E-state index is -0.868. The van der Waals surface area contributed by atoms with E-state index in [2.05, 4.69) is 51.0 Å². The molecule has 8 heteroatoms. The normalized spacial score (nSPS) is 20.1. The van der Waals surface area contributed by atoms with Gasteiger partial charge in [0.25, 0.3) is 0 Å². The Morgan fingerprint density at radius 1 is 1.18 bits per heavy atom. The van der Waals surface area contributed by atoms with Crippen LogP contribution in [0.15, 0.2) is 30.3 Å². The highest BCUT2D eigenvalue weighted by Gasteiger charge is 2.30. The number of halogens is 1. The van der Waals surface area contributed by atoms with E-state index >= 15 is 0 Å². The van der Waals surface area contributed by atoms with Gasteiger partial charge in [-0.05, 0) is 30.5 Å². The molecule has 7 nitrogen and oxygen atoms in total. The molecular formula is C20H24ClN5O2. The average Bonchev–Trinajstić information content (AvgIpc) is 2.69. The number of carbonyl (C=O) groups is 1. The number of hydrogen-bond donors (Lipinski definition) is 1. The van der Waals surface area contributed by atoms with Crippen molar-refractivity contribution in [2.75, 3.05) is 31.1 Å². The third-order valence-corrected chi connectivity index (χ3v) is 5.77. The molecule has 1 unspecified atom stereocenters. The van der Waals surface area contributed by atoms with Crippen molar-refractivity contribution in [1.29, 1.82) is 0 Å². The number of carboxylic acid groups (broad SMARTS) is 1. The molecule has 1 fully saturated rings. The van der Waals surface area contributed by atoms with Gasteiger partial charge in [0.15, 0.2) is 0 Å². The van der Waals surface area contributed by atoms with Crippen LogP contribution in [0.1, 0.15) is 23.7 Å². The van der Waals surface area contributed by atoms with Crippen molar-refractivity contribution in [1.82, 2.24) is 19.8 Å². The first-order valence-electron chi connectivity index (χ1n) is 9.57. The molecule has 148 valence electrons. The van der Waals surface area contributed by atoms with Crippen LogP contribution in [0.4, 0.5) is 10.6 Å². The molecule has 2 aliphatic heterocycles. The van der Waals surface area contributed by atoms with Gasteiger partial charge in [0.1, 0.15) is 5.82 Å². The number of nitrogens with zero attached hydrogens (tertiary/aromatic N) is 5. The fraction of sp³-hybridized carbons (Fsp3) is 0.450. The number of rotatable bonds is 3. The third kappa shape index (κ3) is 3.91. The van der Waals surface area contributed by atoms with E-state index in [0.29, 0.717) is 32.2 Å². The SMILES string of the molecule is CC1Cc2c(nc(Cl)nc2N2CCN(C(=O)O)CC2)CN1Cc1ccccc1. The van der Waals surface area contributed by atoms with Crippen molar-refractivity contribution < 1.29 is 9.90 Å². The Kier molecular flexibility index (Phi) is 5.37. The summed E-state index contributed by atoms with van der Waals surface area (Å²) in [5, 5.41) is 9.42. The zero-order valence-corrected chi connectivity index (χ0v) is 16.6. The highest BCUT2D eigenvalue weighted by atomic mass is 35.5. The Morgan fingerprint density at radius 3 is 2.57 bits per heavy atom. The fourth-order valence-corrected chi connectivity index (χ4v) is 4.18. The van der Waals surface area contributed by atoms with Crippen LogP contribution in [0.25, 0.3) is 0 Å². The molecular weight excluding hydrogens is 378 g/mol. The summed E-state index contributed by atoms with van der Waals surface area (Å²) in [4.78, 5) is 26.2. The summed E-state index contributed by atoms with van der Waals surface area (Å²) in [6, 6.07) is 10.8. The van der Waals surface area contributed by atoms with Crippen molar-refractivity contribution >= 4 is 23.5 Å². The summed E-state index contributed by atoms with van der Waals surface area (Å²) in [5.41, 5.74) is 3.40. The van der Waals surface area contributed by atoms with Gasteiger partial charge in [0, 0.05) is 50.9 Å². The predicted octanol–water partition coefficient (Wildman–Crippen LogP) is 2.88. The second-order valence-electron chi connectivity index (χ2n) is 7.44. The molecule has 1 amide bonds. The number of amides is 1. The lowest BCUT2D eigenvalue weighted by Crippen LogP contribution is -2.49. The quantitative estimate of drug-likeness (QED) is 0.797. The molecule has 1 N–H and O–H groups in total. The van der Waals surface area contributed by atoms with Crippen molar-refractivity contribution in [3.8, 4) is 0 Å². The van der Waals surface area contributed by atoms with E-state index in [1.54, 1.807) is 0 Å². The van der Waals surface area contributed by atoms with Crippen molar-refractivity contribution in [3.05, 3.63) is 52.4 Å². The zero-order chi connectivity index (χ0) is 19.7. The van der Waals surface area contributed by atoms with Gasteiger partial charge in [-0.1, -0.05) is 30.3 Å². The molecule has 1 atom stereocenters. The van der Waals surface area contributed by atoms with Gasteiger partial charge in [-0.3, -0.25) is 4.90 Å². The Hall–Kier alpha value is -2.38. The molecule has 0 spiro atoms. The van der Waals surface area contributed by atoms with E-state index in [9.17, 15) is 9.90 Å².